The van der Waals surface area contributed by atoms with Crippen LogP contribution in [0.25, 0.3) is 0 Å². The molecule has 4 nitrogen and oxygen atoms in total. The summed E-state index contributed by atoms with van der Waals surface area (Å²) in [7, 11) is 0. The maximum atomic E-state index is 4.85. The number of halogens is 1. The normalized spacial score (nSPS) is 21.4. The Morgan fingerprint density at radius 1 is 1.39 bits per heavy atom. The standard InChI is InChI=1S/C17H30N4S.HI/c1-6-17(5)9-11-21(12-17)16(18-7-2)19-10-8-15-13(3)20-14(4)22-15;/h6-12H2,1-5H3,(H,18,19);1H. The lowest BCUT2D eigenvalue weighted by atomic mass is 9.87. The Morgan fingerprint density at radius 3 is 2.65 bits per heavy atom. The van der Waals surface area contributed by atoms with Gasteiger partial charge in [-0.05, 0) is 39.0 Å². The second-order valence-corrected chi connectivity index (χ2v) is 7.85. The van der Waals surface area contributed by atoms with E-state index in [9.17, 15) is 0 Å². The minimum absolute atomic E-state index is 0. The fourth-order valence-corrected chi connectivity index (χ4v) is 3.91. The van der Waals surface area contributed by atoms with Crippen molar-refractivity contribution in [2.45, 2.75) is 53.9 Å². The molecule has 2 rings (SSSR count). The Morgan fingerprint density at radius 2 is 2.13 bits per heavy atom. The summed E-state index contributed by atoms with van der Waals surface area (Å²) in [6, 6.07) is 0. The minimum Gasteiger partial charge on any atom is -0.357 e. The summed E-state index contributed by atoms with van der Waals surface area (Å²) >= 11 is 1.80. The van der Waals surface area contributed by atoms with E-state index in [1.807, 2.05) is 0 Å². The number of rotatable bonds is 5. The molecule has 0 amide bonds. The number of likely N-dealkylation sites (tertiary alicyclic amines) is 1. The molecule has 0 spiro atoms. The van der Waals surface area contributed by atoms with E-state index in [1.54, 1.807) is 11.3 Å². The van der Waals surface area contributed by atoms with E-state index in [1.165, 1.54) is 23.4 Å². The number of guanidine groups is 1. The number of hydrogen-bond acceptors (Lipinski definition) is 3. The first kappa shape index (κ1) is 20.7. The number of aromatic nitrogens is 1. The lowest BCUT2D eigenvalue weighted by Gasteiger charge is -2.25. The Labute approximate surface area is 162 Å². The molecule has 1 aromatic rings. The molecular formula is C17H31IN4S. The third-order valence-corrected chi connectivity index (χ3v) is 5.78. The smallest absolute Gasteiger partial charge is 0.193 e. The van der Waals surface area contributed by atoms with Crippen molar-refractivity contribution in [1.29, 1.82) is 0 Å². The molecule has 23 heavy (non-hydrogen) atoms. The lowest BCUT2D eigenvalue weighted by Crippen LogP contribution is -2.41. The maximum Gasteiger partial charge on any atom is 0.193 e. The van der Waals surface area contributed by atoms with E-state index in [2.05, 4.69) is 49.8 Å². The first-order valence-electron chi connectivity index (χ1n) is 8.43. The van der Waals surface area contributed by atoms with Crippen LogP contribution in [0, 0.1) is 19.3 Å². The molecule has 0 saturated carbocycles. The van der Waals surface area contributed by atoms with Crippen molar-refractivity contribution in [2.24, 2.45) is 10.4 Å². The van der Waals surface area contributed by atoms with E-state index in [0.717, 1.165) is 43.6 Å². The van der Waals surface area contributed by atoms with Crippen molar-refractivity contribution < 1.29 is 0 Å². The van der Waals surface area contributed by atoms with Gasteiger partial charge < -0.3 is 10.2 Å². The van der Waals surface area contributed by atoms with Gasteiger partial charge >= 0.3 is 0 Å². The zero-order valence-electron chi connectivity index (χ0n) is 15.1. The number of aliphatic imine (C=N–C) groups is 1. The number of aryl methyl sites for hydroxylation is 2. The Kier molecular flexibility index (Phi) is 8.27. The first-order valence-corrected chi connectivity index (χ1v) is 9.25. The quantitative estimate of drug-likeness (QED) is 0.419. The monoisotopic (exact) mass is 450 g/mol. The largest absolute Gasteiger partial charge is 0.357 e. The van der Waals surface area contributed by atoms with Crippen molar-refractivity contribution in [1.82, 2.24) is 15.2 Å². The summed E-state index contributed by atoms with van der Waals surface area (Å²) in [6.45, 7) is 15.0. The van der Waals surface area contributed by atoms with Crippen molar-refractivity contribution in [3.8, 4) is 0 Å². The van der Waals surface area contributed by atoms with Crippen LogP contribution >= 0.6 is 35.3 Å². The molecule has 132 valence electrons. The Balaban J connectivity index is 0.00000264. The highest BCUT2D eigenvalue weighted by Crippen LogP contribution is 2.32. The fraction of sp³-hybridized carbons (Fsp3) is 0.765. The van der Waals surface area contributed by atoms with E-state index < -0.39 is 0 Å². The average Bonchev–Trinajstić information content (AvgIpc) is 3.02. The lowest BCUT2D eigenvalue weighted by molar-refractivity contribution is 0.322. The van der Waals surface area contributed by atoms with E-state index >= 15 is 0 Å². The van der Waals surface area contributed by atoms with Gasteiger partial charge in [-0.25, -0.2) is 4.98 Å². The van der Waals surface area contributed by atoms with Crippen molar-refractivity contribution >= 4 is 41.3 Å². The molecule has 2 heterocycles. The summed E-state index contributed by atoms with van der Waals surface area (Å²) in [4.78, 5) is 13.1. The molecule has 1 N–H and O–H groups in total. The molecule has 1 aromatic heterocycles. The van der Waals surface area contributed by atoms with Crippen LogP contribution in [0.3, 0.4) is 0 Å². The highest BCUT2D eigenvalue weighted by atomic mass is 127. The van der Waals surface area contributed by atoms with Crippen molar-refractivity contribution in [3.63, 3.8) is 0 Å². The summed E-state index contributed by atoms with van der Waals surface area (Å²) in [5.41, 5.74) is 1.61. The number of nitrogens with zero attached hydrogens (tertiary/aromatic N) is 3. The SMILES string of the molecule is CCNC(=NCCc1sc(C)nc1C)N1CCC(C)(CC)C1.I. The summed E-state index contributed by atoms with van der Waals surface area (Å²) in [5, 5.41) is 4.61. The maximum absolute atomic E-state index is 4.85. The van der Waals surface area contributed by atoms with Crippen LogP contribution in [0.5, 0.6) is 0 Å². The fourth-order valence-electron chi connectivity index (χ4n) is 2.99. The Bertz CT molecular complexity index is 529. The topological polar surface area (TPSA) is 40.5 Å². The van der Waals surface area contributed by atoms with Gasteiger partial charge in [-0.3, -0.25) is 4.99 Å². The molecular weight excluding hydrogens is 419 g/mol. The molecule has 1 saturated heterocycles. The van der Waals surface area contributed by atoms with Crippen LogP contribution in [0.4, 0.5) is 0 Å². The summed E-state index contributed by atoms with van der Waals surface area (Å²) in [5.74, 6) is 1.08. The molecule has 6 heteroatoms. The van der Waals surface area contributed by atoms with Gasteiger partial charge in [0.05, 0.1) is 10.7 Å². The summed E-state index contributed by atoms with van der Waals surface area (Å²) < 4.78 is 0. The predicted octanol–water partition coefficient (Wildman–Crippen LogP) is 4.01. The minimum atomic E-state index is 0. The zero-order valence-corrected chi connectivity index (χ0v) is 18.3. The zero-order chi connectivity index (χ0) is 16.2. The van der Waals surface area contributed by atoms with E-state index in [-0.39, 0.29) is 24.0 Å². The highest BCUT2D eigenvalue weighted by molar-refractivity contribution is 14.0. The third kappa shape index (κ3) is 5.59. The number of hydrogen-bond donors (Lipinski definition) is 1. The Hall–Kier alpha value is -0.370. The second kappa shape index (κ2) is 9.20. The summed E-state index contributed by atoms with van der Waals surface area (Å²) in [6.07, 6.45) is 3.49. The molecule has 0 radical (unpaired) electrons. The van der Waals surface area contributed by atoms with Crippen molar-refractivity contribution in [3.05, 3.63) is 15.6 Å². The van der Waals surface area contributed by atoms with Crippen LogP contribution < -0.4 is 5.32 Å². The third-order valence-electron chi connectivity index (χ3n) is 4.65. The van der Waals surface area contributed by atoms with E-state index in [0.29, 0.717) is 5.41 Å². The second-order valence-electron chi connectivity index (χ2n) is 6.56. The van der Waals surface area contributed by atoms with Gasteiger partial charge in [0.2, 0.25) is 0 Å². The van der Waals surface area contributed by atoms with Gasteiger partial charge in [0.15, 0.2) is 5.96 Å². The molecule has 1 aliphatic rings. The van der Waals surface area contributed by atoms with Gasteiger partial charge in [-0.15, -0.1) is 35.3 Å². The van der Waals surface area contributed by atoms with Crippen molar-refractivity contribution in [2.75, 3.05) is 26.2 Å². The van der Waals surface area contributed by atoms with Crippen LogP contribution in [0.15, 0.2) is 4.99 Å². The van der Waals surface area contributed by atoms with Gasteiger partial charge in [-0.2, -0.15) is 0 Å². The number of thiazole rings is 1. The number of nitrogens with one attached hydrogen (secondary N) is 1. The molecule has 1 atom stereocenters. The van der Waals surface area contributed by atoms with Gasteiger partial charge in [0.25, 0.3) is 0 Å². The average molecular weight is 450 g/mol. The van der Waals surface area contributed by atoms with Gasteiger partial charge in [0.1, 0.15) is 0 Å². The molecule has 0 aliphatic carbocycles. The predicted molar refractivity (Wildman–Crippen MR) is 111 cm³/mol. The first-order chi connectivity index (χ1) is 10.5. The highest BCUT2D eigenvalue weighted by Gasteiger charge is 2.33. The van der Waals surface area contributed by atoms with Crippen LogP contribution in [-0.2, 0) is 6.42 Å². The van der Waals surface area contributed by atoms with Crippen LogP contribution in [0.2, 0.25) is 0 Å². The van der Waals surface area contributed by atoms with Crippen LogP contribution in [-0.4, -0.2) is 42.0 Å². The molecule has 1 aliphatic heterocycles. The molecule has 1 unspecified atom stereocenters. The molecule has 1 fully saturated rings. The van der Waals surface area contributed by atoms with E-state index in [4.69, 9.17) is 4.99 Å². The molecule has 0 bridgehead atoms. The van der Waals surface area contributed by atoms with Gasteiger partial charge in [0, 0.05) is 37.5 Å². The van der Waals surface area contributed by atoms with Crippen LogP contribution in [0.1, 0.15) is 49.2 Å². The van der Waals surface area contributed by atoms with Gasteiger partial charge in [-0.1, -0.05) is 13.8 Å². The molecule has 0 aromatic carbocycles.